The van der Waals surface area contributed by atoms with E-state index in [0.29, 0.717) is 37.4 Å². The number of rotatable bonds is 3. The SMILES string of the molecule is O=C(c1cccc(-n2cnnn2)c1)N1CCN(C(=O)c2ccc(F)c(F)c2)CC1. The van der Waals surface area contributed by atoms with Crippen LogP contribution >= 0.6 is 0 Å². The van der Waals surface area contributed by atoms with Crippen molar-refractivity contribution in [3.8, 4) is 5.69 Å². The molecule has 10 heteroatoms. The minimum absolute atomic E-state index is 0.0813. The highest BCUT2D eigenvalue weighted by Gasteiger charge is 2.26. The van der Waals surface area contributed by atoms with E-state index >= 15 is 0 Å². The van der Waals surface area contributed by atoms with Crippen molar-refractivity contribution in [3.63, 3.8) is 0 Å². The van der Waals surface area contributed by atoms with Gasteiger partial charge in [0, 0.05) is 37.3 Å². The molecule has 1 fully saturated rings. The molecule has 1 aliphatic heterocycles. The molecule has 0 spiro atoms. The number of carbonyl (C=O) groups excluding carboxylic acids is 2. The highest BCUT2D eigenvalue weighted by atomic mass is 19.2. The Kier molecular flexibility index (Phi) is 4.98. The molecular weight excluding hydrogens is 382 g/mol. The third-order valence-electron chi connectivity index (χ3n) is 4.73. The average molecular weight is 398 g/mol. The topological polar surface area (TPSA) is 84.2 Å². The van der Waals surface area contributed by atoms with Gasteiger partial charge in [-0.1, -0.05) is 6.07 Å². The number of benzene rings is 2. The monoisotopic (exact) mass is 398 g/mol. The van der Waals surface area contributed by atoms with Crippen LogP contribution in [0.2, 0.25) is 0 Å². The van der Waals surface area contributed by atoms with Gasteiger partial charge < -0.3 is 9.80 Å². The van der Waals surface area contributed by atoms with E-state index in [1.54, 1.807) is 29.2 Å². The molecule has 3 aromatic rings. The molecule has 1 saturated heterocycles. The number of nitrogens with zero attached hydrogens (tertiary/aromatic N) is 6. The molecule has 2 aromatic carbocycles. The fraction of sp³-hybridized carbons (Fsp3) is 0.211. The summed E-state index contributed by atoms with van der Waals surface area (Å²) in [6.07, 6.45) is 1.44. The van der Waals surface area contributed by atoms with Crippen LogP contribution in [0.25, 0.3) is 5.69 Å². The number of tetrazole rings is 1. The quantitative estimate of drug-likeness (QED) is 0.668. The zero-order valence-electron chi connectivity index (χ0n) is 15.2. The molecule has 8 nitrogen and oxygen atoms in total. The lowest BCUT2D eigenvalue weighted by Gasteiger charge is -2.35. The summed E-state index contributed by atoms with van der Waals surface area (Å²) in [5.74, 6) is -2.62. The van der Waals surface area contributed by atoms with Crippen molar-refractivity contribution in [3.05, 3.63) is 71.6 Å². The Balaban J connectivity index is 1.42. The number of halogens is 2. The van der Waals surface area contributed by atoms with Gasteiger partial charge in [-0.25, -0.2) is 13.5 Å². The van der Waals surface area contributed by atoms with E-state index in [1.807, 2.05) is 0 Å². The van der Waals surface area contributed by atoms with Crippen molar-refractivity contribution >= 4 is 11.8 Å². The lowest BCUT2D eigenvalue weighted by atomic mass is 10.1. The van der Waals surface area contributed by atoms with Crippen molar-refractivity contribution in [2.45, 2.75) is 0 Å². The van der Waals surface area contributed by atoms with Crippen LogP contribution in [0, 0.1) is 11.6 Å². The van der Waals surface area contributed by atoms with Crippen LogP contribution in [0.3, 0.4) is 0 Å². The molecule has 0 saturated carbocycles. The van der Waals surface area contributed by atoms with Gasteiger partial charge in [-0.2, -0.15) is 0 Å². The molecule has 1 aliphatic rings. The molecule has 0 bridgehead atoms. The van der Waals surface area contributed by atoms with Crippen LogP contribution in [0.4, 0.5) is 8.78 Å². The van der Waals surface area contributed by atoms with Crippen molar-refractivity contribution in [2.24, 2.45) is 0 Å². The summed E-state index contributed by atoms with van der Waals surface area (Å²) in [4.78, 5) is 28.5. The first kappa shape index (κ1) is 18.7. The maximum absolute atomic E-state index is 13.4. The number of aromatic nitrogens is 4. The van der Waals surface area contributed by atoms with Gasteiger partial charge in [0.05, 0.1) is 5.69 Å². The van der Waals surface area contributed by atoms with Crippen molar-refractivity contribution in [1.29, 1.82) is 0 Å². The van der Waals surface area contributed by atoms with Crippen molar-refractivity contribution in [2.75, 3.05) is 26.2 Å². The summed E-state index contributed by atoms with van der Waals surface area (Å²) < 4.78 is 27.9. The third kappa shape index (κ3) is 3.82. The first-order valence-corrected chi connectivity index (χ1v) is 8.90. The van der Waals surface area contributed by atoms with E-state index in [-0.39, 0.29) is 11.5 Å². The van der Waals surface area contributed by atoms with E-state index in [0.717, 1.165) is 12.1 Å². The number of amides is 2. The molecule has 29 heavy (non-hydrogen) atoms. The number of hydrogen-bond donors (Lipinski definition) is 0. The number of hydrogen-bond acceptors (Lipinski definition) is 5. The van der Waals surface area contributed by atoms with Crippen LogP contribution in [0.1, 0.15) is 20.7 Å². The fourth-order valence-corrected chi connectivity index (χ4v) is 3.17. The predicted molar refractivity (Wildman–Crippen MR) is 97.3 cm³/mol. The van der Waals surface area contributed by atoms with Crippen LogP contribution < -0.4 is 0 Å². The second-order valence-electron chi connectivity index (χ2n) is 6.52. The van der Waals surface area contributed by atoms with Crippen LogP contribution in [0.5, 0.6) is 0 Å². The number of carbonyl (C=O) groups is 2. The zero-order valence-corrected chi connectivity index (χ0v) is 15.2. The van der Waals surface area contributed by atoms with Crippen molar-refractivity contribution in [1.82, 2.24) is 30.0 Å². The first-order valence-electron chi connectivity index (χ1n) is 8.90. The van der Waals surface area contributed by atoms with E-state index in [4.69, 9.17) is 0 Å². The molecule has 148 valence electrons. The van der Waals surface area contributed by atoms with E-state index in [9.17, 15) is 18.4 Å². The van der Waals surface area contributed by atoms with Crippen LogP contribution in [-0.2, 0) is 0 Å². The molecule has 4 rings (SSSR count). The summed E-state index contributed by atoms with van der Waals surface area (Å²) in [6, 6.07) is 9.99. The Bertz CT molecular complexity index is 1050. The standard InChI is InChI=1S/C19H16F2N6O2/c20-16-5-4-14(11-17(16)21)19(29)26-8-6-25(7-9-26)18(28)13-2-1-3-15(10-13)27-12-22-23-24-27/h1-5,10-12H,6-9H2. The van der Waals surface area contributed by atoms with Gasteiger partial charge in [0.25, 0.3) is 11.8 Å². The Morgan fingerprint density at radius 1 is 0.828 bits per heavy atom. The van der Waals surface area contributed by atoms with Gasteiger partial charge in [0.2, 0.25) is 0 Å². The van der Waals surface area contributed by atoms with Gasteiger partial charge in [-0.05, 0) is 46.8 Å². The third-order valence-corrected chi connectivity index (χ3v) is 4.73. The first-order chi connectivity index (χ1) is 14.0. The Morgan fingerprint density at radius 2 is 1.48 bits per heavy atom. The zero-order chi connectivity index (χ0) is 20.4. The average Bonchev–Trinajstić information content (AvgIpc) is 3.30. The molecule has 0 unspecified atom stereocenters. The van der Waals surface area contributed by atoms with Crippen molar-refractivity contribution < 1.29 is 18.4 Å². The molecule has 0 N–H and O–H groups in total. The minimum Gasteiger partial charge on any atom is -0.335 e. The summed E-state index contributed by atoms with van der Waals surface area (Å²) in [6.45, 7) is 1.28. The molecule has 0 atom stereocenters. The highest BCUT2D eigenvalue weighted by molar-refractivity contribution is 5.96. The summed E-state index contributed by atoms with van der Waals surface area (Å²) in [5, 5.41) is 11.0. The van der Waals surface area contributed by atoms with Gasteiger partial charge >= 0.3 is 0 Å². The lowest BCUT2D eigenvalue weighted by molar-refractivity contribution is 0.0535. The predicted octanol–water partition coefficient (Wildman–Crippen LogP) is 1.54. The molecular formula is C19H16F2N6O2. The summed E-state index contributed by atoms with van der Waals surface area (Å²) in [7, 11) is 0. The Morgan fingerprint density at radius 3 is 2.07 bits per heavy atom. The normalized spacial score (nSPS) is 14.1. The molecule has 0 radical (unpaired) electrons. The molecule has 1 aromatic heterocycles. The maximum atomic E-state index is 13.4. The second kappa shape index (κ2) is 7.74. The number of piperazine rings is 1. The van der Waals surface area contributed by atoms with E-state index < -0.39 is 17.5 Å². The summed E-state index contributed by atoms with van der Waals surface area (Å²) in [5.41, 5.74) is 1.23. The van der Waals surface area contributed by atoms with Gasteiger partial charge in [-0.3, -0.25) is 9.59 Å². The minimum atomic E-state index is -1.06. The van der Waals surface area contributed by atoms with Gasteiger partial charge in [-0.15, -0.1) is 5.10 Å². The Hall–Kier alpha value is -3.69. The fourth-order valence-electron chi connectivity index (χ4n) is 3.17. The van der Waals surface area contributed by atoms with Crippen LogP contribution in [0.15, 0.2) is 48.8 Å². The molecule has 2 amide bonds. The molecule has 2 heterocycles. The maximum Gasteiger partial charge on any atom is 0.254 e. The lowest BCUT2D eigenvalue weighted by Crippen LogP contribution is -2.50. The van der Waals surface area contributed by atoms with E-state index in [2.05, 4.69) is 15.5 Å². The van der Waals surface area contributed by atoms with E-state index in [1.165, 1.54) is 22.0 Å². The molecule has 0 aliphatic carbocycles. The van der Waals surface area contributed by atoms with Crippen LogP contribution in [-0.4, -0.2) is 68.0 Å². The highest BCUT2D eigenvalue weighted by Crippen LogP contribution is 2.16. The van der Waals surface area contributed by atoms with Gasteiger partial charge in [0.15, 0.2) is 11.6 Å². The second-order valence-corrected chi connectivity index (χ2v) is 6.52. The summed E-state index contributed by atoms with van der Waals surface area (Å²) >= 11 is 0. The smallest absolute Gasteiger partial charge is 0.254 e. The largest absolute Gasteiger partial charge is 0.335 e. The Labute approximate surface area is 164 Å². The van der Waals surface area contributed by atoms with Gasteiger partial charge in [0.1, 0.15) is 6.33 Å².